The molecule has 0 aliphatic carbocycles. The molecular weight excluding hydrogens is 407 g/mol. The summed E-state index contributed by atoms with van der Waals surface area (Å²) in [5.41, 5.74) is 1.69. The third-order valence-electron chi connectivity index (χ3n) is 4.29. The van der Waals surface area contributed by atoms with Crippen LogP contribution in [-0.4, -0.2) is 36.6 Å². The number of aromatic nitrogens is 4. The molecule has 2 heterocycles. The van der Waals surface area contributed by atoms with Crippen molar-refractivity contribution in [2.24, 2.45) is 0 Å². The van der Waals surface area contributed by atoms with Crippen LogP contribution in [0.4, 0.5) is 4.39 Å². The molecule has 2 aromatic heterocycles. The zero-order chi connectivity index (χ0) is 21.7. The molecule has 1 atom stereocenters. The highest BCUT2D eigenvalue weighted by Crippen LogP contribution is 2.26. The molecule has 0 saturated carbocycles. The zero-order valence-electron chi connectivity index (χ0n) is 16.1. The van der Waals surface area contributed by atoms with E-state index in [0.717, 1.165) is 22.9 Å². The Morgan fingerprint density at radius 1 is 1.43 bits per heavy atom. The summed E-state index contributed by atoms with van der Waals surface area (Å²) in [6.45, 7) is 5.28. The average molecular weight is 426 g/mol. The van der Waals surface area contributed by atoms with Crippen molar-refractivity contribution in [3.8, 4) is 11.1 Å². The molecule has 7 nitrogen and oxygen atoms in total. The monoisotopic (exact) mass is 426 g/mol. The second-order valence-electron chi connectivity index (χ2n) is 6.23. The molecule has 3 rings (SSSR count). The molecule has 3 aromatic rings. The molecular formula is C21H19FN4O3S. The highest BCUT2D eigenvalue weighted by atomic mass is 32.2. The molecule has 30 heavy (non-hydrogen) atoms. The van der Waals surface area contributed by atoms with Crippen LogP contribution < -0.4 is 5.56 Å². The van der Waals surface area contributed by atoms with Crippen molar-refractivity contribution in [3.05, 3.63) is 77.7 Å². The van der Waals surface area contributed by atoms with Crippen LogP contribution in [0.1, 0.15) is 13.0 Å². The second-order valence-corrected chi connectivity index (χ2v) is 7.17. The van der Waals surface area contributed by atoms with Crippen LogP contribution in [-0.2, 0) is 4.79 Å². The smallest absolute Gasteiger partial charge is 0.313 e. The number of allylic oxidation sites excluding steroid dienone is 5. The number of carbonyl (C=O) groups is 1. The van der Waals surface area contributed by atoms with E-state index in [1.807, 2.05) is 0 Å². The number of nitrogens with one attached hydrogen (secondary N) is 1. The van der Waals surface area contributed by atoms with Gasteiger partial charge in [-0.2, -0.15) is 5.10 Å². The van der Waals surface area contributed by atoms with Gasteiger partial charge in [0.2, 0.25) is 0 Å². The lowest BCUT2D eigenvalue weighted by Crippen LogP contribution is -2.26. The number of fused-ring (bicyclic) bond motifs is 1. The normalized spacial score (nSPS) is 13.1. The van der Waals surface area contributed by atoms with E-state index in [2.05, 4.69) is 21.8 Å². The van der Waals surface area contributed by atoms with Crippen molar-refractivity contribution in [2.75, 3.05) is 5.75 Å². The van der Waals surface area contributed by atoms with Crippen LogP contribution in [0, 0.1) is 0 Å². The van der Waals surface area contributed by atoms with Crippen LogP contribution in [0.25, 0.3) is 22.0 Å². The predicted octanol–water partition coefficient (Wildman–Crippen LogP) is 4.12. The zero-order valence-corrected chi connectivity index (χ0v) is 16.9. The van der Waals surface area contributed by atoms with E-state index in [4.69, 9.17) is 5.11 Å². The van der Waals surface area contributed by atoms with E-state index in [0.29, 0.717) is 10.9 Å². The van der Waals surface area contributed by atoms with Crippen LogP contribution in [0.2, 0.25) is 0 Å². The number of H-pyrrole nitrogens is 1. The van der Waals surface area contributed by atoms with Gasteiger partial charge in [0.25, 0.3) is 5.56 Å². The Balaban J connectivity index is 2.19. The molecule has 0 saturated heterocycles. The maximum absolute atomic E-state index is 13.6. The van der Waals surface area contributed by atoms with E-state index in [9.17, 15) is 14.0 Å². The highest BCUT2D eigenvalue weighted by molar-refractivity contribution is 7.99. The van der Waals surface area contributed by atoms with Crippen molar-refractivity contribution in [2.45, 2.75) is 18.1 Å². The van der Waals surface area contributed by atoms with Crippen LogP contribution >= 0.6 is 11.8 Å². The number of thioether (sulfide) groups is 1. The third kappa shape index (κ3) is 4.57. The lowest BCUT2D eigenvalue weighted by Gasteiger charge is -2.17. The molecule has 0 radical (unpaired) electrons. The number of benzene rings is 1. The second kappa shape index (κ2) is 9.36. The minimum atomic E-state index is -1.04. The van der Waals surface area contributed by atoms with Crippen molar-refractivity contribution in [1.82, 2.24) is 19.7 Å². The van der Waals surface area contributed by atoms with E-state index >= 15 is 0 Å². The van der Waals surface area contributed by atoms with Crippen molar-refractivity contribution < 1.29 is 14.3 Å². The third-order valence-corrected chi connectivity index (χ3v) is 5.23. The SMILES string of the molecule is C=CC(C=CC(F)=CC)n1c(SCC(=O)O)nc2cc(-c3cn[nH]c3)ccc2c1=O. The molecule has 0 aliphatic heterocycles. The van der Waals surface area contributed by atoms with Gasteiger partial charge in [0.1, 0.15) is 5.83 Å². The standard InChI is InChI=1S/C21H19FN4O3S/c1-3-15(22)6-7-16(4-2)26-20(29)17-8-5-13(14-10-23-24-11-14)9-18(17)25-21(26)30-12-19(27)28/h3-11,16H,2,12H2,1H3,(H,23,24)(H,27,28). The molecule has 0 spiro atoms. The van der Waals surface area contributed by atoms with Gasteiger partial charge < -0.3 is 5.11 Å². The molecule has 0 bridgehead atoms. The Morgan fingerprint density at radius 3 is 2.87 bits per heavy atom. The topological polar surface area (TPSA) is 101 Å². The summed E-state index contributed by atoms with van der Waals surface area (Å²) in [5.74, 6) is -1.79. The Labute approximate surface area is 175 Å². The number of carboxylic acids is 1. The van der Waals surface area contributed by atoms with E-state index in [-0.39, 0.29) is 16.5 Å². The number of aromatic amines is 1. The van der Waals surface area contributed by atoms with Gasteiger partial charge in [-0.3, -0.25) is 19.3 Å². The molecule has 2 N–H and O–H groups in total. The highest BCUT2D eigenvalue weighted by Gasteiger charge is 2.18. The van der Waals surface area contributed by atoms with Gasteiger partial charge in [0.05, 0.1) is 28.9 Å². The lowest BCUT2D eigenvalue weighted by molar-refractivity contribution is -0.133. The minimum Gasteiger partial charge on any atom is -0.481 e. The first-order valence-corrected chi connectivity index (χ1v) is 9.95. The van der Waals surface area contributed by atoms with E-state index in [1.54, 1.807) is 37.5 Å². The summed E-state index contributed by atoms with van der Waals surface area (Å²) >= 11 is 0.915. The van der Waals surface area contributed by atoms with Gasteiger partial charge in [-0.05, 0) is 30.7 Å². The largest absolute Gasteiger partial charge is 0.481 e. The molecule has 1 unspecified atom stereocenters. The fourth-order valence-electron chi connectivity index (χ4n) is 2.81. The maximum atomic E-state index is 13.6. The summed E-state index contributed by atoms with van der Waals surface area (Å²) in [4.78, 5) is 28.9. The molecule has 0 fully saturated rings. The van der Waals surface area contributed by atoms with Gasteiger partial charge in [0, 0.05) is 11.8 Å². The van der Waals surface area contributed by atoms with Gasteiger partial charge in [-0.1, -0.05) is 36.1 Å². The number of aliphatic carboxylic acids is 1. The number of rotatable bonds is 8. The summed E-state index contributed by atoms with van der Waals surface area (Å²) in [7, 11) is 0. The summed E-state index contributed by atoms with van der Waals surface area (Å²) < 4.78 is 14.9. The van der Waals surface area contributed by atoms with Crippen LogP contribution in [0.5, 0.6) is 0 Å². The number of carboxylic acid groups (broad SMARTS) is 1. The van der Waals surface area contributed by atoms with E-state index in [1.165, 1.54) is 28.9 Å². The summed E-state index contributed by atoms with van der Waals surface area (Å²) in [5, 5.41) is 16.3. The van der Waals surface area contributed by atoms with Gasteiger partial charge in [-0.25, -0.2) is 9.37 Å². The number of hydrogen-bond donors (Lipinski definition) is 2. The van der Waals surface area contributed by atoms with Crippen molar-refractivity contribution in [1.29, 1.82) is 0 Å². The summed E-state index contributed by atoms with van der Waals surface area (Å²) in [6, 6.07) is 4.48. The van der Waals surface area contributed by atoms with Gasteiger partial charge >= 0.3 is 5.97 Å². The lowest BCUT2D eigenvalue weighted by atomic mass is 10.1. The van der Waals surface area contributed by atoms with Crippen molar-refractivity contribution in [3.63, 3.8) is 0 Å². The van der Waals surface area contributed by atoms with Gasteiger partial charge in [0.15, 0.2) is 5.16 Å². The number of nitrogens with zero attached hydrogens (tertiary/aromatic N) is 3. The van der Waals surface area contributed by atoms with Crippen LogP contribution in [0.3, 0.4) is 0 Å². The first kappa shape index (κ1) is 21.3. The van der Waals surface area contributed by atoms with E-state index < -0.39 is 17.8 Å². The van der Waals surface area contributed by atoms with Crippen LogP contribution in [0.15, 0.2) is 77.3 Å². The summed E-state index contributed by atoms with van der Waals surface area (Å²) in [6.07, 6.45) is 8.83. The van der Waals surface area contributed by atoms with Gasteiger partial charge in [-0.15, -0.1) is 6.58 Å². The molecule has 1 aromatic carbocycles. The molecule has 9 heteroatoms. The minimum absolute atomic E-state index is 0.203. The Bertz CT molecular complexity index is 1200. The average Bonchev–Trinajstić information content (AvgIpc) is 3.28. The molecule has 0 aliphatic rings. The molecule has 154 valence electrons. The fourth-order valence-corrected chi connectivity index (χ4v) is 3.57. The first-order chi connectivity index (χ1) is 14.4. The molecule has 0 amide bonds. The Kier molecular flexibility index (Phi) is 6.63. The fraction of sp³-hybridized carbons (Fsp3) is 0.143. The number of halogens is 1. The Morgan fingerprint density at radius 2 is 2.23 bits per heavy atom. The number of hydrogen-bond acceptors (Lipinski definition) is 5. The first-order valence-electron chi connectivity index (χ1n) is 8.97. The Hall–Kier alpha value is -3.46. The predicted molar refractivity (Wildman–Crippen MR) is 115 cm³/mol. The quantitative estimate of drug-likeness (QED) is 0.243. The maximum Gasteiger partial charge on any atom is 0.313 e. The van der Waals surface area contributed by atoms with Crippen molar-refractivity contribution >= 4 is 28.6 Å².